The Morgan fingerprint density at radius 1 is 1.33 bits per heavy atom. The van der Waals surface area contributed by atoms with E-state index in [1.165, 1.54) is 15.3 Å². The van der Waals surface area contributed by atoms with Crippen LogP contribution in [0.1, 0.15) is 28.3 Å². The van der Waals surface area contributed by atoms with E-state index >= 15 is 0 Å². The van der Waals surface area contributed by atoms with Gasteiger partial charge in [0.25, 0.3) is 0 Å². The van der Waals surface area contributed by atoms with Gasteiger partial charge in [0.15, 0.2) is 0 Å². The Labute approximate surface area is 104 Å². The number of aryl methyl sites for hydroxylation is 1. The van der Waals surface area contributed by atoms with Crippen LogP contribution in [0, 0.1) is 0 Å². The van der Waals surface area contributed by atoms with Crippen molar-refractivity contribution >= 4 is 35.1 Å². The molecule has 2 rings (SSSR count). The monoisotopic (exact) mass is 259 g/mol. The van der Waals surface area contributed by atoms with Crippen molar-refractivity contribution < 1.29 is 0 Å². The first-order valence-corrected chi connectivity index (χ1v) is 6.43. The predicted molar refractivity (Wildman–Crippen MR) is 71.3 cm³/mol. The molecule has 0 saturated heterocycles. The van der Waals surface area contributed by atoms with Gasteiger partial charge in [0.1, 0.15) is 0 Å². The molecule has 1 atom stereocenters. The van der Waals surface area contributed by atoms with Gasteiger partial charge in [-0.25, -0.2) is 0 Å². The fourth-order valence-electron chi connectivity index (χ4n) is 1.37. The lowest BCUT2D eigenvalue weighted by Gasteiger charge is -2.06. The Balaban J connectivity index is 0.00000112. The number of halogens is 1. The summed E-state index contributed by atoms with van der Waals surface area (Å²) in [6, 6.07) is 6.48. The molecule has 0 aliphatic carbocycles. The largest absolute Gasteiger partial charge is 0.320 e. The van der Waals surface area contributed by atoms with Crippen LogP contribution in [0.15, 0.2) is 29.0 Å². The first kappa shape index (κ1) is 12.7. The highest BCUT2D eigenvalue weighted by Crippen LogP contribution is 2.27. The molecule has 2 heterocycles. The molecule has 0 bridgehead atoms. The Kier molecular flexibility index (Phi) is 4.80. The van der Waals surface area contributed by atoms with Gasteiger partial charge >= 0.3 is 0 Å². The number of thiophene rings is 2. The molecule has 0 unspecified atom stereocenters. The van der Waals surface area contributed by atoms with Gasteiger partial charge < -0.3 is 5.73 Å². The summed E-state index contributed by atoms with van der Waals surface area (Å²) in [4.78, 5) is 2.67. The zero-order valence-corrected chi connectivity index (χ0v) is 10.9. The van der Waals surface area contributed by atoms with Crippen molar-refractivity contribution in [2.45, 2.75) is 19.4 Å². The van der Waals surface area contributed by atoms with Crippen LogP contribution >= 0.6 is 35.1 Å². The molecule has 0 radical (unpaired) electrons. The molecule has 2 aromatic heterocycles. The highest BCUT2D eigenvalue weighted by atomic mass is 35.5. The van der Waals surface area contributed by atoms with Crippen LogP contribution in [0.2, 0.25) is 0 Å². The van der Waals surface area contributed by atoms with Crippen LogP contribution in [0.25, 0.3) is 0 Å². The van der Waals surface area contributed by atoms with Gasteiger partial charge in [-0.3, -0.25) is 0 Å². The third kappa shape index (κ3) is 2.82. The van der Waals surface area contributed by atoms with Crippen molar-refractivity contribution in [3.05, 3.63) is 44.3 Å². The molecule has 0 spiro atoms. The summed E-state index contributed by atoms with van der Waals surface area (Å²) < 4.78 is 0. The van der Waals surface area contributed by atoms with E-state index in [1.807, 2.05) is 11.3 Å². The quantitative estimate of drug-likeness (QED) is 0.891. The van der Waals surface area contributed by atoms with Crippen LogP contribution < -0.4 is 5.73 Å². The summed E-state index contributed by atoms with van der Waals surface area (Å²) in [5.74, 6) is 0. The first-order chi connectivity index (χ1) is 6.81. The van der Waals surface area contributed by atoms with Gasteiger partial charge in [0.2, 0.25) is 0 Å². The van der Waals surface area contributed by atoms with E-state index in [2.05, 4.69) is 35.9 Å². The van der Waals surface area contributed by atoms with E-state index in [0.717, 1.165) is 6.42 Å². The highest BCUT2D eigenvalue weighted by Gasteiger charge is 2.11. The third-order valence-corrected chi connectivity index (χ3v) is 4.25. The summed E-state index contributed by atoms with van der Waals surface area (Å²) in [5.41, 5.74) is 7.37. The second kappa shape index (κ2) is 5.66. The lowest BCUT2D eigenvalue weighted by Crippen LogP contribution is -2.08. The van der Waals surface area contributed by atoms with Crippen LogP contribution in [-0.2, 0) is 6.42 Å². The first-order valence-electron chi connectivity index (χ1n) is 4.67. The Morgan fingerprint density at radius 3 is 2.67 bits per heavy atom. The van der Waals surface area contributed by atoms with Gasteiger partial charge in [-0.2, -0.15) is 11.3 Å². The zero-order valence-electron chi connectivity index (χ0n) is 8.47. The molecule has 15 heavy (non-hydrogen) atoms. The van der Waals surface area contributed by atoms with Crippen molar-refractivity contribution in [2.24, 2.45) is 5.73 Å². The number of nitrogens with two attached hydrogens (primary N) is 1. The van der Waals surface area contributed by atoms with Gasteiger partial charge in [-0.15, -0.1) is 23.7 Å². The standard InChI is InChI=1S/C11H13NS2.ClH/c1-2-9-3-4-10(14-9)11(12)8-5-6-13-7-8;/h3-7,11H,2,12H2,1H3;1H/t11-;/m1./s1. The molecule has 0 saturated carbocycles. The van der Waals surface area contributed by atoms with Crippen LogP contribution in [-0.4, -0.2) is 0 Å². The van der Waals surface area contributed by atoms with Crippen molar-refractivity contribution in [1.82, 2.24) is 0 Å². The van der Waals surface area contributed by atoms with Gasteiger partial charge in [-0.1, -0.05) is 6.92 Å². The molecule has 2 N–H and O–H groups in total. The van der Waals surface area contributed by atoms with E-state index in [1.54, 1.807) is 11.3 Å². The second-order valence-electron chi connectivity index (χ2n) is 3.19. The maximum atomic E-state index is 6.15. The molecular weight excluding hydrogens is 246 g/mol. The molecular formula is C11H14ClNS2. The molecule has 0 amide bonds. The fourth-order valence-corrected chi connectivity index (χ4v) is 3.05. The predicted octanol–water partition coefficient (Wildman–Crippen LogP) is 3.84. The van der Waals surface area contributed by atoms with Crippen LogP contribution in [0.4, 0.5) is 0 Å². The maximum absolute atomic E-state index is 6.15. The molecule has 82 valence electrons. The number of rotatable bonds is 3. The van der Waals surface area contributed by atoms with Crippen LogP contribution in [0.3, 0.4) is 0 Å². The average Bonchev–Trinajstić information content (AvgIpc) is 2.88. The molecule has 4 heteroatoms. The summed E-state index contributed by atoms with van der Waals surface area (Å²) in [6.07, 6.45) is 1.10. The van der Waals surface area contributed by atoms with Gasteiger partial charge in [-0.05, 0) is 40.9 Å². The van der Waals surface area contributed by atoms with Crippen LogP contribution in [0.5, 0.6) is 0 Å². The minimum absolute atomic E-state index is 0. The lowest BCUT2D eigenvalue weighted by atomic mass is 10.1. The number of hydrogen-bond acceptors (Lipinski definition) is 3. The Morgan fingerprint density at radius 2 is 2.13 bits per heavy atom. The molecule has 2 aromatic rings. The average molecular weight is 260 g/mol. The minimum atomic E-state index is 0. The normalized spacial score (nSPS) is 12.1. The molecule has 0 aliphatic rings. The minimum Gasteiger partial charge on any atom is -0.320 e. The summed E-state index contributed by atoms with van der Waals surface area (Å²) in [7, 11) is 0. The zero-order chi connectivity index (χ0) is 9.97. The second-order valence-corrected chi connectivity index (χ2v) is 5.17. The lowest BCUT2D eigenvalue weighted by molar-refractivity contribution is 0.899. The third-order valence-electron chi connectivity index (χ3n) is 2.24. The summed E-state index contributed by atoms with van der Waals surface area (Å²) in [5, 5.41) is 4.19. The maximum Gasteiger partial charge on any atom is 0.0654 e. The Hall–Kier alpha value is -0.350. The Bertz CT molecular complexity index is 394. The van der Waals surface area contributed by atoms with Crippen molar-refractivity contribution in [2.75, 3.05) is 0 Å². The van der Waals surface area contributed by atoms with Crippen molar-refractivity contribution in [1.29, 1.82) is 0 Å². The van der Waals surface area contributed by atoms with E-state index < -0.39 is 0 Å². The van der Waals surface area contributed by atoms with E-state index in [0.29, 0.717) is 0 Å². The van der Waals surface area contributed by atoms with E-state index in [4.69, 9.17) is 5.73 Å². The molecule has 1 nitrogen and oxygen atoms in total. The van der Waals surface area contributed by atoms with Gasteiger partial charge in [0.05, 0.1) is 6.04 Å². The van der Waals surface area contributed by atoms with Crippen molar-refractivity contribution in [3.63, 3.8) is 0 Å². The SMILES string of the molecule is CCc1ccc([C@H](N)c2ccsc2)s1.Cl. The van der Waals surface area contributed by atoms with Crippen molar-refractivity contribution in [3.8, 4) is 0 Å². The summed E-state index contributed by atoms with van der Waals surface area (Å²) in [6.45, 7) is 2.17. The molecule has 0 fully saturated rings. The fraction of sp³-hybridized carbons (Fsp3) is 0.273. The topological polar surface area (TPSA) is 26.0 Å². The van der Waals surface area contributed by atoms with Gasteiger partial charge in [0, 0.05) is 9.75 Å². The van der Waals surface area contributed by atoms with E-state index in [9.17, 15) is 0 Å². The summed E-state index contributed by atoms with van der Waals surface area (Å²) >= 11 is 3.52. The molecule has 0 aromatic carbocycles. The number of hydrogen-bond donors (Lipinski definition) is 1. The molecule has 0 aliphatic heterocycles. The highest BCUT2D eigenvalue weighted by molar-refractivity contribution is 7.12. The smallest absolute Gasteiger partial charge is 0.0654 e. The van der Waals surface area contributed by atoms with E-state index in [-0.39, 0.29) is 18.4 Å².